The van der Waals surface area contributed by atoms with Crippen LogP contribution < -0.4 is 0 Å². The van der Waals surface area contributed by atoms with Gasteiger partial charge in [-0.05, 0) is 127 Å². The summed E-state index contributed by atoms with van der Waals surface area (Å²) in [6, 6.07) is -1.15. The molecule has 15 atom stereocenters. The van der Waals surface area contributed by atoms with Gasteiger partial charge in [0, 0.05) is 51.4 Å². The molecule has 0 aromatic carbocycles. The Kier molecular flexibility index (Phi) is 21.8. The second-order valence-corrected chi connectivity index (χ2v) is 26.0. The number of amides is 1. The number of ketones is 3. The van der Waals surface area contributed by atoms with Gasteiger partial charge in [0.25, 0.3) is 11.7 Å². The van der Waals surface area contributed by atoms with Crippen molar-refractivity contribution in [2.75, 3.05) is 20.8 Å². The van der Waals surface area contributed by atoms with Crippen molar-refractivity contribution in [2.24, 2.45) is 35.5 Å². The Morgan fingerprint density at radius 2 is 1.56 bits per heavy atom. The minimum Gasteiger partial charge on any atom is -0.460 e. The molecule has 0 aromatic rings. The monoisotopic (exact) mass is 972 g/mol. The number of rotatable bonds is 7. The van der Waals surface area contributed by atoms with Gasteiger partial charge in [0.15, 0.2) is 14.1 Å². The lowest BCUT2D eigenvalue weighted by atomic mass is 9.78. The molecule has 0 radical (unpaired) electrons. The van der Waals surface area contributed by atoms with E-state index in [-0.39, 0.29) is 67.1 Å². The van der Waals surface area contributed by atoms with Crippen molar-refractivity contribution in [3.8, 4) is 0 Å². The summed E-state index contributed by atoms with van der Waals surface area (Å²) in [4.78, 5) is 72.7. The zero-order valence-corrected chi connectivity index (χ0v) is 44.1. The number of Topliss-reactive ketones (excluding diaryl/α,β-unsaturated/α-hetero) is 3. The maximum absolute atomic E-state index is 14.5. The van der Waals surface area contributed by atoms with Crippen LogP contribution in [0.1, 0.15) is 126 Å². The van der Waals surface area contributed by atoms with E-state index in [4.69, 9.17) is 23.4 Å². The van der Waals surface area contributed by atoms with Gasteiger partial charge in [0.1, 0.15) is 24.0 Å². The van der Waals surface area contributed by atoms with Gasteiger partial charge in [-0.3, -0.25) is 19.2 Å². The molecule has 3 fully saturated rings. The first-order valence-electron chi connectivity index (χ1n) is 25.2. The van der Waals surface area contributed by atoms with E-state index in [1.54, 1.807) is 40.0 Å². The van der Waals surface area contributed by atoms with Crippen LogP contribution in [-0.2, 0) is 47.3 Å². The molecule has 3 heterocycles. The van der Waals surface area contributed by atoms with E-state index in [2.05, 4.69) is 0 Å². The lowest BCUT2D eigenvalue weighted by Crippen LogP contribution is -2.61. The number of fused-ring (bicyclic) bond motifs is 3. The molecule has 68 heavy (non-hydrogen) atoms. The smallest absolute Gasteiger partial charge is 0.329 e. The molecule has 0 spiro atoms. The highest BCUT2D eigenvalue weighted by Gasteiger charge is 2.53. The summed E-state index contributed by atoms with van der Waals surface area (Å²) in [5.74, 6) is -7.71. The fraction of sp³-hybridized carbons (Fsp3) is 0.755. The molecular weight excluding hydrogens is 887 g/mol. The molecule has 2 bridgehead atoms. The van der Waals surface area contributed by atoms with Crippen LogP contribution in [0.5, 0.6) is 0 Å². The molecule has 1 amide bonds. The zero-order valence-electron chi connectivity index (χ0n) is 43.1. The number of hydrogen-bond acceptors (Lipinski definition) is 13. The van der Waals surface area contributed by atoms with Crippen molar-refractivity contribution in [3.05, 3.63) is 47.6 Å². The Morgan fingerprint density at radius 1 is 0.853 bits per heavy atom. The largest absolute Gasteiger partial charge is 0.460 e. The van der Waals surface area contributed by atoms with Crippen molar-refractivity contribution < 1.29 is 62.7 Å². The maximum atomic E-state index is 14.5. The Bertz CT molecular complexity index is 1860. The standard InChI is InChI=1S/C53H85NO13Si/c1-32-18-14-13-15-19-33(2)43(56)30-40-23-21-38(7)53(62,66-40)50(59)51(60)54-25-17-16-20-41(54)52(61)65-45(35(4)28-39-22-24-42(55)46(29-39)63-8)31-44(57)34(3)27-37(6)48(67-68(10,11)12)49(64-9)47(58)36(5)26-32/h13-15,18-19,27,32,34-36,38-43,45-46,48-49,55-56,62H,16-17,20-26,28-31H2,1-12H3/b15-13+,18-14+,33-19+,37-27+/t32-,34-,35-,36-,38-,39+,40+,41+,42-,43+,45+,46-,48-,49+,53-/m1/s1. The zero-order chi connectivity index (χ0) is 50.7. The Hall–Kier alpha value is -3.15. The summed E-state index contributed by atoms with van der Waals surface area (Å²) in [7, 11) is 0.790. The Morgan fingerprint density at radius 3 is 2.22 bits per heavy atom. The van der Waals surface area contributed by atoms with Crippen LogP contribution in [0.15, 0.2) is 47.6 Å². The number of methoxy groups -OCH3 is 2. The second-order valence-electron chi connectivity index (χ2n) is 21.6. The van der Waals surface area contributed by atoms with E-state index in [1.165, 1.54) is 12.0 Å². The van der Waals surface area contributed by atoms with Crippen molar-refractivity contribution >= 4 is 37.5 Å². The maximum Gasteiger partial charge on any atom is 0.329 e. The molecule has 2 saturated heterocycles. The van der Waals surface area contributed by atoms with E-state index in [9.17, 15) is 39.3 Å². The van der Waals surface area contributed by atoms with Crippen molar-refractivity contribution in [1.82, 2.24) is 4.90 Å². The summed E-state index contributed by atoms with van der Waals surface area (Å²) < 4.78 is 30.6. The fourth-order valence-electron chi connectivity index (χ4n) is 10.4. The molecule has 4 aliphatic rings. The average molecular weight is 972 g/mol. The summed E-state index contributed by atoms with van der Waals surface area (Å²) in [6.07, 6.45) is 11.0. The molecule has 0 unspecified atom stereocenters. The van der Waals surface area contributed by atoms with Crippen LogP contribution in [0.25, 0.3) is 0 Å². The van der Waals surface area contributed by atoms with Crippen LogP contribution in [0, 0.1) is 35.5 Å². The number of aliphatic hydroxyl groups excluding tert-OH is 2. The van der Waals surface area contributed by atoms with Gasteiger partial charge in [-0.2, -0.15) is 0 Å². The van der Waals surface area contributed by atoms with Gasteiger partial charge in [0.05, 0.1) is 30.5 Å². The molecule has 0 aromatic heterocycles. The number of aliphatic hydroxyl groups is 3. The SMILES string of the molecule is CO[C@@H]1C[C@H](C[C@@H](C)[C@@H]2CC(=O)[C@H](C)/C=C(\C)[C@@H](O[Si](C)(C)C)[C@@H](OC)C(=O)[C@H](C)C[C@H](C)/C=C/C=C/C=C(\C)[C@@H](O)C[C@@H]3CC[C@@H](C)[C@@](O)(O3)C(=O)C(=O)N3CCCC[C@H]3C(=O)O2)CC[C@H]1O. The third-order valence-corrected chi connectivity index (χ3v) is 15.6. The summed E-state index contributed by atoms with van der Waals surface area (Å²) in [6.45, 7) is 19.1. The summed E-state index contributed by atoms with van der Waals surface area (Å²) >= 11 is 0. The molecule has 3 aliphatic heterocycles. The molecule has 1 saturated carbocycles. The summed E-state index contributed by atoms with van der Waals surface area (Å²) in [5, 5.41) is 33.6. The van der Waals surface area contributed by atoms with Gasteiger partial charge in [-0.1, -0.05) is 71.1 Å². The first kappa shape index (κ1) is 57.4. The minimum atomic E-state index is -2.48. The van der Waals surface area contributed by atoms with E-state index in [0.717, 1.165) is 6.42 Å². The quantitative estimate of drug-likeness (QED) is 0.0991. The third-order valence-electron chi connectivity index (χ3n) is 14.7. The van der Waals surface area contributed by atoms with Crippen molar-refractivity contribution in [2.45, 2.75) is 200 Å². The highest BCUT2D eigenvalue weighted by atomic mass is 28.4. The number of carbonyl (C=O) groups excluding carboxylic acids is 5. The first-order valence-corrected chi connectivity index (χ1v) is 28.6. The van der Waals surface area contributed by atoms with Crippen LogP contribution in [0.4, 0.5) is 0 Å². The molecule has 4 rings (SSSR count). The van der Waals surface area contributed by atoms with Gasteiger partial charge < -0.3 is 43.6 Å². The van der Waals surface area contributed by atoms with Crippen LogP contribution in [-0.4, -0.2) is 133 Å². The van der Waals surface area contributed by atoms with Gasteiger partial charge in [-0.25, -0.2) is 4.79 Å². The predicted molar refractivity (Wildman–Crippen MR) is 263 cm³/mol. The van der Waals surface area contributed by atoms with Crippen molar-refractivity contribution in [1.29, 1.82) is 0 Å². The number of nitrogens with zero attached hydrogens (tertiary/aromatic N) is 1. The molecular formula is C53H85NO13Si. The van der Waals surface area contributed by atoms with Gasteiger partial charge in [0.2, 0.25) is 5.79 Å². The van der Waals surface area contributed by atoms with E-state index in [1.807, 2.05) is 71.6 Å². The number of piperidine rings is 1. The first-order chi connectivity index (χ1) is 31.9. The lowest BCUT2D eigenvalue weighted by Gasteiger charge is -2.42. The third kappa shape index (κ3) is 15.7. The number of cyclic esters (lactones) is 1. The lowest BCUT2D eigenvalue weighted by molar-refractivity contribution is -0.265. The number of carbonyl (C=O) groups is 5. The van der Waals surface area contributed by atoms with Gasteiger partial charge in [-0.15, -0.1) is 0 Å². The average Bonchev–Trinajstić information content (AvgIpc) is 3.28. The minimum absolute atomic E-state index is 0.0314. The molecule has 1 aliphatic carbocycles. The van der Waals surface area contributed by atoms with Crippen molar-refractivity contribution in [3.63, 3.8) is 0 Å². The van der Waals surface area contributed by atoms with Gasteiger partial charge >= 0.3 is 5.97 Å². The van der Waals surface area contributed by atoms with E-state index >= 15 is 0 Å². The highest BCUT2D eigenvalue weighted by molar-refractivity contribution is 6.69. The van der Waals surface area contributed by atoms with Crippen LogP contribution >= 0.6 is 0 Å². The topological polar surface area (TPSA) is 195 Å². The number of esters is 1. The highest BCUT2D eigenvalue weighted by Crippen LogP contribution is 2.38. The number of ether oxygens (including phenoxy) is 4. The van der Waals surface area contributed by atoms with Crippen LogP contribution in [0.3, 0.4) is 0 Å². The summed E-state index contributed by atoms with van der Waals surface area (Å²) in [5.41, 5.74) is 1.31. The number of hydrogen-bond donors (Lipinski definition) is 3. The van der Waals surface area contributed by atoms with E-state index < -0.39 is 86.3 Å². The fourth-order valence-corrected chi connectivity index (χ4v) is 11.4. The normalized spacial score (nSPS) is 39.4. The molecule has 15 heteroatoms. The molecule has 14 nitrogen and oxygen atoms in total. The Labute approximate surface area is 407 Å². The molecule has 384 valence electrons. The second kappa shape index (κ2) is 25.8. The van der Waals surface area contributed by atoms with E-state index in [0.29, 0.717) is 62.5 Å². The predicted octanol–water partition coefficient (Wildman–Crippen LogP) is 7.39. The van der Waals surface area contributed by atoms with Crippen LogP contribution in [0.2, 0.25) is 19.6 Å². The number of allylic oxidation sites excluding steroid dienone is 6. The molecule has 3 N–H and O–H groups in total. The Balaban J connectivity index is 1.75.